The highest BCUT2D eigenvalue weighted by Crippen LogP contribution is 2.30. The number of sulfonamides is 1. The molecule has 0 radical (unpaired) electrons. The molecule has 4 rings (SSSR count). The van der Waals surface area contributed by atoms with Crippen molar-refractivity contribution in [3.63, 3.8) is 0 Å². The second-order valence-electron chi connectivity index (χ2n) is 7.35. The van der Waals surface area contributed by atoms with E-state index in [1.807, 2.05) is 54.8 Å². The van der Waals surface area contributed by atoms with E-state index >= 15 is 0 Å². The lowest BCUT2D eigenvalue weighted by Gasteiger charge is -2.25. The van der Waals surface area contributed by atoms with Crippen LogP contribution in [0.4, 0.5) is 0 Å². The molecule has 1 unspecified atom stereocenters. The fourth-order valence-electron chi connectivity index (χ4n) is 3.36. The van der Waals surface area contributed by atoms with Gasteiger partial charge in [0.25, 0.3) is 5.91 Å². The van der Waals surface area contributed by atoms with Crippen LogP contribution in [0.3, 0.4) is 0 Å². The molecule has 0 saturated heterocycles. The van der Waals surface area contributed by atoms with Crippen molar-refractivity contribution >= 4 is 27.3 Å². The van der Waals surface area contributed by atoms with Gasteiger partial charge >= 0.3 is 0 Å². The van der Waals surface area contributed by atoms with Gasteiger partial charge in [0.05, 0.1) is 27.1 Å². The number of hydrogen-bond acceptors (Lipinski definition) is 5. The number of para-hydroxylation sites is 1. The average Bonchev–Trinajstić information content (AvgIpc) is 3.47. The molecule has 2 aromatic carbocycles. The Balaban J connectivity index is 1.68. The second-order valence-corrected chi connectivity index (χ2v) is 9.86. The summed E-state index contributed by atoms with van der Waals surface area (Å²) >= 11 is 1.52. The average molecular weight is 467 g/mol. The van der Waals surface area contributed by atoms with Crippen LogP contribution in [-0.4, -0.2) is 36.1 Å². The number of primary sulfonamides is 1. The summed E-state index contributed by atoms with van der Waals surface area (Å²) in [7, 11) is -2.05. The van der Waals surface area contributed by atoms with Crippen molar-refractivity contribution in [2.45, 2.75) is 17.9 Å². The smallest absolute Gasteiger partial charge is 0.257 e. The Hall–Kier alpha value is -3.27. The van der Waals surface area contributed by atoms with E-state index in [4.69, 9.17) is 10.2 Å². The summed E-state index contributed by atoms with van der Waals surface area (Å²) in [5.74, 6) is -0.182. The first-order valence-corrected chi connectivity index (χ1v) is 12.3. The molecular formula is C23H22N4O3S2. The van der Waals surface area contributed by atoms with Crippen LogP contribution in [0.2, 0.25) is 0 Å². The Morgan fingerprint density at radius 3 is 2.34 bits per heavy atom. The lowest BCUT2D eigenvalue weighted by molar-refractivity contribution is 0.0743. The number of nitrogens with zero attached hydrogens (tertiary/aromatic N) is 3. The monoisotopic (exact) mass is 466 g/mol. The van der Waals surface area contributed by atoms with Crippen molar-refractivity contribution in [3.05, 3.63) is 89.4 Å². The van der Waals surface area contributed by atoms with Gasteiger partial charge < -0.3 is 4.90 Å². The molecule has 2 heterocycles. The maximum atomic E-state index is 13.5. The Labute approximate surface area is 190 Å². The molecule has 4 aromatic rings. The largest absolute Gasteiger partial charge is 0.335 e. The number of thiophene rings is 1. The molecule has 32 heavy (non-hydrogen) atoms. The van der Waals surface area contributed by atoms with Gasteiger partial charge in [0.1, 0.15) is 5.69 Å². The van der Waals surface area contributed by atoms with Crippen LogP contribution in [0.15, 0.2) is 83.2 Å². The van der Waals surface area contributed by atoms with E-state index in [0.29, 0.717) is 11.3 Å². The fraction of sp³-hybridized carbons (Fsp3) is 0.130. The van der Waals surface area contributed by atoms with Crippen molar-refractivity contribution in [1.82, 2.24) is 14.7 Å². The zero-order chi connectivity index (χ0) is 22.9. The highest BCUT2D eigenvalue weighted by atomic mass is 32.2. The van der Waals surface area contributed by atoms with Crippen molar-refractivity contribution in [2.24, 2.45) is 5.14 Å². The number of benzene rings is 2. The van der Waals surface area contributed by atoms with Gasteiger partial charge in [0.15, 0.2) is 0 Å². The fourth-order valence-corrected chi connectivity index (χ4v) is 4.60. The van der Waals surface area contributed by atoms with E-state index in [0.717, 1.165) is 16.1 Å². The zero-order valence-electron chi connectivity index (χ0n) is 17.5. The van der Waals surface area contributed by atoms with E-state index in [9.17, 15) is 13.2 Å². The van der Waals surface area contributed by atoms with Gasteiger partial charge in [-0.25, -0.2) is 18.2 Å². The van der Waals surface area contributed by atoms with Crippen LogP contribution in [0.25, 0.3) is 16.3 Å². The molecule has 0 fully saturated rings. The molecule has 1 atom stereocenters. The van der Waals surface area contributed by atoms with Crippen LogP contribution in [-0.2, 0) is 10.0 Å². The highest BCUT2D eigenvalue weighted by Gasteiger charge is 2.25. The summed E-state index contributed by atoms with van der Waals surface area (Å²) in [6.07, 6.45) is 1.75. The lowest BCUT2D eigenvalue weighted by Crippen LogP contribution is -2.29. The van der Waals surface area contributed by atoms with Gasteiger partial charge in [-0.2, -0.15) is 5.10 Å². The highest BCUT2D eigenvalue weighted by molar-refractivity contribution is 7.89. The SMILES string of the molecule is CC(c1ccc(S(N)(=O)=O)cc1)N(C)C(=O)c1cn(-c2ccccc2)nc1-c1cccs1. The molecule has 0 bridgehead atoms. The molecule has 0 aliphatic carbocycles. The summed E-state index contributed by atoms with van der Waals surface area (Å²) in [6, 6.07) is 19.4. The van der Waals surface area contributed by atoms with E-state index in [1.165, 1.54) is 23.5 Å². The standard InChI is InChI=1S/C23H22N4O3S2/c1-16(17-10-12-19(13-11-17)32(24,29)30)26(2)23(28)20-15-27(18-7-4-3-5-8-18)25-22(20)21-9-6-14-31-21/h3-16H,1-2H3,(H2,24,29,30). The van der Waals surface area contributed by atoms with Crippen molar-refractivity contribution in [2.75, 3.05) is 7.05 Å². The molecule has 0 saturated carbocycles. The molecule has 7 nitrogen and oxygen atoms in total. The summed E-state index contributed by atoms with van der Waals surface area (Å²) in [4.78, 5) is 16.1. The van der Waals surface area contributed by atoms with E-state index in [1.54, 1.807) is 35.0 Å². The van der Waals surface area contributed by atoms with Gasteiger partial charge in [-0.3, -0.25) is 4.79 Å². The third-order valence-electron chi connectivity index (χ3n) is 5.31. The van der Waals surface area contributed by atoms with Gasteiger partial charge in [0, 0.05) is 13.2 Å². The first-order chi connectivity index (χ1) is 15.3. The van der Waals surface area contributed by atoms with E-state index < -0.39 is 10.0 Å². The number of carbonyl (C=O) groups is 1. The Morgan fingerprint density at radius 1 is 1.06 bits per heavy atom. The minimum Gasteiger partial charge on any atom is -0.335 e. The van der Waals surface area contributed by atoms with Crippen molar-refractivity contribution in [3.8, 4) is 16.3 Å². The predicted octanol–water partition coefficient (Wildman–Crippen LogP) is 4.08. The molecule has 9 heteroatoms. The second kappa shape index (κ2) is 8.70. The van der Waals surface area contributed by atoms with Gasteiger partial charge in [-0.1, -0.05) is 36.4 Å². The molecular weight excluding hydrogens is 444 g/mol. The maximum Gasteiger partial charge on any atom is 0.257 e. The first kappa shape index (κ1) is 21.9. The third kappa shape index (κ3) is 4.36. The molecule has 164 valence electrons. The number of carbonyl (C=O) groups excluding carboxylic acids is 1. The maximum absolute atomic E-state index is 13.5. The number of nitrogens with two attached hydrogens (primary N) is 1. The Morgan fingerprint density at radius 2 is 1.75 bits per heavy atom. The van der Waals surface area contributed by atoms with Gasteiger partial charge in [-0.05, 0) is 48.2 Å². The summed E-state index contributed by atoms with van der Waals surface area (Å²) < 4.78 is 24.7. The molecule has 0 aliphatic heterocycles. The van der Waals surface area contributed by atoms with Crippen LogP contribution in [0.5, 0.6) is 0 Å². The van der Waals surface area contributed by atoms with Crippen molar-refractivity contribution in [1.29, 1.82) is 0 Å². The quantitative estimate of drug-likeness (QED) is 0.463. The summed E-state index contributed by atoms with van der Waals surface area (Å²) in [5.41, 5.74) is 2.77. The number of amides is 1. The van der Waals surface area contributed by atoms with E-state index in [-0.39, 0.29) is 16.8 Å². The normalized spacial score (nSPS) is 12.5. The van der Waals surface area contributed by atoms with Gasteiger partial charge in [-0.15, -0.1) is 11.3 Å². The number of rotatable bonds is 6. The van der Waals surface area contributed by atoms with Gasteiger partial charge in [0.2, 0.25) is 10.0 Å². The van der Waals surface area contributed by atoms with Crippen molar-refractivity contribution < 1.29 is 13.2 Å². The Kier molecular flexibility index (Phi) is 5.96. The lowest BCUT2D eigenvalue weighted by atomic mass is 10.1. The summed E-state index contributed by atoms with van der Waals surface area (Å²) in [6.45, 7) is 1.89. The van der Waals surface area contributed by atoms with Crippen LogP contribution < -0.4 is 5.14 Å². The zero-order valence-corrected chi connectivity index (χ0v) is 19.2. The molecule has 1 amide bonds. The van der Waals surface area contributed by atoms with Crippen LogP contribution >= 0.6 is 11.3 Å². The molecule has 0 spiro atoms. The predicted molar refractivity (Wildman–Crippen MR) is 125 cm³/mol. The Bertz CT molecular complexity index is 1330. The summed E-state index contributed by atoms with van der Waals surface area (Å²) in [5, 5.41) is 11.8. The molecule has 0 aliphatic rings. The minimum atomic E-state index is -3.77. The third-order valence-corrected chi connectivity index (χ3v) is 7.12. The minimum absolute atomic E-state index is 0.0338. The molecule has 2 N–H and O–H groups in total. The number of aromatic nitrogens is 2. The number of hydrogen-bond donors (Lipinski definition) is 1. The van der Waals surface area contributed by atoms with Crippen LogP contribution in [0.1, 0.15) is 28.9 Å². The molecule has 2 aromatic heterocycles. The topological polar surface area (TPSA) is 98.3 Å². The van der Waals surface area contributed by atoms with Crippen LogP contribution in [0, 0.1) is 0 Å². The first-order valence-electron chi connectivity index (χ1n) is 9.84. The van der Waals surface area contributed by atoms with E-state index in [2.05, 4.69) is 0 Å².